The van der Waals surface area contributed by atoms with Gasteiger partial charge in [0.05, 0.1) is 28.4 Å². The average molecular weight is 602 g/mol. The molecule has 1 spiro atoms. The van der Waals surface area contributed by atoms with Crippen LogP contribution in [0, 0.1) is 5.92 Å². The van der Waals surface area contributed by atoms with Crippen molar-refractivity contribution in [3.63, 3.8) is 0 Å². The van der Waals surface area contributed by atoms with Crippen molar-refractivity contribution in [2.45, 2.75) is 126 Å². The van der Waals surface area contributed by atoms with Crippen LogP contribution in [-0.2, 0) is 27.8 Å². The van der Waals surface area contributed by atoms with E-state index in [1.165, 1.54) is 42.4 Å². The molecule has 2 unspecified atom stereocenters. The second-order valence-corrected chi connectivity index (χ2v) is 15.3. The van der Waals surface area contributed by atoms with Gasteiger partial charge in [-0.05, 0) is 70.1 Å². The lowest BCUT2D eigenvalue weighted by molar-refractivity contribution is 0.00568. The van der Waals surface area contributed by atoms with Gasteiger partial charge in [-0.1, -0.05) is 38.5 Å². The maximum Gasteiger partial charge on any atom is 0.331 e. The lowest BCUT2D eigenvalue weighted by atomic mass is 9.78. The smallest absolute Gasteiger partial charge is 0.331 e. The number of nitrogens with one attached hydrogen (secondary N) is 2. The minimum absolute atomic E-state index is 0.0564. The number of sulfonamides is 1. The van der Waals surface area contributed by atoms with Crippen LogP contribution in [0.1, 0.15) is 90.4 Å². The Labute approximate surface area is 248 Å². The van der Waals surface area contributed by atoms with Gasteiger partial charge < -0.3 is 4.74 Å². The first kappa shape index (κ1) is 30.0. The molecule has 232 valence electrons. The molecule has 2 N–H and O–H groups in total. The third-order valence-corrected chi connectivity index (χ3v) is 11.8. The molecule has 2 aliphatic carbocycles. The van der Waals surface area contributed by atoms with Gasteiger partial charge in [-0.2, -0.15) is 0 Å². The number of benzene rings is 1. The molecule has 3 heterocycles. The first-order valence-electron chi connectivity index (χ1n) is 16.0. The third kappa shape index (κ3) is 6.13. The van der Waals surface area contributed by atoms with E-state index < -0.39 is 21.1 Å². The molecule has 4 aliphatic rings. The molecule has 11 heteroatoms. The predicted octanol–water partition coefficient (Wildman–Crippen LogP) is 3.50. The Hall–Kier alpha value is -2.05. The molecule has 42 heavy (non-hydrogen) atoms. The standard InChI is InChI=1S/C31H47N5O5S/c1-30(16-17-30)33-42(39,40)25-12-13-27-26(19-25)28(37)36(29(38)35(27)22-24-11-7-10-18-41-24)21-23-20-34(2)32-31(23)14-8-5-3-4-6-9-15-31/h12-13,19,23-24,32-33H,3-11,14-18,20-22H2,1-2H3. The van der Waals surface area contributed by atoms with E-state index in [0.717, 1.165) is 64.3 Å². The van der Waals surface area contributed by atoms with E-state index in [9.17, 15) is 18.0 Å². The van der Waals surface area contributed by atoms with E-state index in [1.807, 2.05) is 14.0 Å². The zero-order valence-corrected chi connectivity index (χ0v) is 26.0. The van der Waals surface area contributed by atoms with Crippen LogP contribution in [0.4, 0.5) is 0 Å². The number of aromatic nitrogens is 2. The van der Waals surface area contributed by atoms with Gasteiger partial charge in [-0.25, -0.2) is 28.4 Å². The van der Waals surface area contributed by atoms with Gasteiger partial charge in [0.2, 0.25) is 10.0 Å². The summed E-state index contributed by atoms with van der Waals surface area (Å²) in [5.74, 6) is 0.0752. The summed E-state index contributed by atoms with van der Waals surface area (Å²) < 4.78 is 38.4. The number of hydrazine groups is 1. The summed E-state index contributed by atoms with van der Waals surface area (Å²) >= 11 is 0. The molecule has 2 saturated carbocycles. The number of nitrogens with zero attached hydrogens (tertiary/aromatic N) is 3. The summed E-state index contributed by atoms with van der Waals surface area (Å²) in [6.07, 6.45) is 13.6. The topological polar surface area (TPSA) is 115 Å². The van der Waals surface area contributed by atoms with Gasteiger partial charge in [0.1, 0.15) is 0 Å². The SMILES string of the molecule is CN1CC(Cn2c(=O)c3cc(S(=O)(=O)NC4(C)CC4)ccc3n(CC3CCCCO3)c2=O)C2(CCCCCCCC2)N1. The highest BCUT2D eigenvalue weighted by atomic mass is 32.2. The van der Waals surface area contributed by atoms with Crippen LogP contribution in [0.5, 0.6) is 0 Å². The maximum absolute atomic E-state index is 14.2. The molecule has 2 saturated heterocycles. The minimum Gasteiger partial charge on any atom is -0.376 e. The third-order valence-electron chi connectivity index (χ3n) is 10.1. The van der Waals surface area contributed by atoms with Crippen molar-refractivity contribution in [3.8, 4) is 0 Å². The molecular formula is C31H47N5O5S. The van der Waals surface area contributed by atoms with Crippen molar-refractivity contribution >= 4 is 20.9 Å². The molecule has 0 amide bonds. The normalized spacial score (nSPS) is 26.6. The molecule has 0 bridgehead atoms. The van der Waals surface area contributed by atoms with E-state index in [-0.39, 0.29) is 33.5 Å². The zero-order valence-electron chi connectivity index (χ0n) is 25.2. The van der Waals surface area contributed by atoms with E-state index in [1.54, 1.807) is 10.6 Å². The van der Waals surface area contributed by atoms with Gasteiger partial charge >= 0.3 is 5.69 Å². The maximum atomic E-state index is 14.2. The fraction of sp³-hybridized carbons (Fsp3) is 0.742. The summed E-state index contributed by atoms with van der Waals surface area (Å²) in [4.78, 5) is 28.4. The lowest BCUT2D eigenvalue weighted by Crippen LogP contribution is -2.51. The molecular weight excluding hydrogens is 554 g/mol. The predicted molar refractivity (Wildman–Crippen MR) is 163 cm³/mol. The Balaban J connectivity index is 1.43. The Morgan fingerprint density at radius 3 is 2.33 bits per heavy atom. The highest BCUT2D eigenvalue weighted by Crippen LogP contribution is 2.38. The number of fused-ring (bicyclic) bond motifs is 1. The number of rotatable bonds is 7. The molecule has 10 nitrogen and oxygen atoms in total. The summed E-state index contributed by atoms with van der Waals surface area (Å²) in [5.41, 5.74) is 2.86. The second-order valence-electron chi connectivity index (χ2n) is 13.6. The Morgan fingerprint density at radius 2 is 1.67 bits per heavy atom. The number of ether oxygens (including phenoxy) is 1. The van der Waals surface area contributed by atoms with Crippen LogP contribution in [0.2, 0.25) is 0 Å². The summed E-state index contributed by atoms with van der Waals surface area (Å²) in [7, 11) is -1.77. The van der Waals surface area contributed by atoms with Crippen molar-refractivity contribution in [1.29, 1.82) is 0 Å². The molecule has 6 rings (SSSR count). The molecule has 2 aliphatic heterocycles. The molecule has 4 fully saturated rings. The van der Waals surface area contributed by atoms with Crippen molar-refractivity contribution < 1.29 is 13.2 Å². The second kappa shape index (κ2) is 11.8. The Bertz CT molecular complexity index is 1510. The van der Waals surface area contributed by atoms with Crippen LogP contribution in [0.25, 0.3) is 10.9 Å². The summed E-state index contributed by atoms with van der Waals surface area (Å²) in [5, 5.41) is 2.38. The number of hydrogen-bond acceptors (Lipinski definition) is 7. The summed E-state index contributed by atoms with van der Waals surface area (Å²) in [6, 6.07) is 4.61. The first-order valence-corrected chi connectivity index (χ1v) is 17.5. The highest BCUT2D eigenvalue weighted by molar-refractivity contribution is 7.89. The van der Waals surface area contributed by atoms with Crippen LogP contribution < -0.4 is 21.4 Å². The van der Waals surface area contributed by atoms with E-state index >= 15 is 0 Å². The number of hydrogen-bond donors (Lipinski definition) is 2. The van der Waals surface area contributed by atoms with Crippen LogP contribution in [-0.4, -0.2) is 59.9 Å². The van der Waals surface area contributed by atoms with E-state index in [0.29, 0.717) is 25.2 Å². The van der Waals surface area contributed by atoms with Gasteiger partial charge in [0.25, 0.3) is 5.56 Å². The first-order chi connectivity index (χ1) is 20.1. The van der Waals surface area contributed by atoms with Crippen molar-refractivity contribution in [2.75, 3.05) is 20.2 Å². The highest BCUT2D eigenvalue weighted by Gasteiger charge is 2.45. The van der Waals surface area contributed by atoms with Crippen molar-refractivity contribution in [3.05, 3.63) is 39.0 Å². The molecule has 2 aromatic rings. The van der Waals surface area contributed by atoms with Crippen molar-refractivity contribution in [1.82, 2.24) is 24.3 Å². The van der Waals surface area contributed by atoms with Gasteiger partial charge in [0.15, 0.2) is 0 Å². The Morgan fingerprint density at radius 1 is 0.952 bits per heavy atom. The zero-order chi connectivity index (χ0) is 29.5. The Kier molecular flexibility index (Phi) is 8.43. The largest absolute Gasteiger partial charge is 0.376 e. The van der Waals surface area contributed by atoms with Crippen molar-refractivity contribution in [2.24, 2.45) is 5.92 Å². The summed E-state index contributed by atoms with van der Waals surface area (Å²) in [6.45, 7) is 3.93. The fourth-order valence-corrected chi connectivity index (χ4v) is 8.93. The fourth-order valence-electron chi connectivity index (χ4n) is 7.44. The van der Waals surface area contributed by atoms with Crippen LogP contribution >= 0.6 is 0 Å². The van der Waals surface area contributed by atoms with Crippen LogP contribution in [0.3, 0.4) is 0 Å². The van der Waals surface area contributed by atoms with E-state index in [4.69, 9.17) is 4.74 Å². The van der Waals surface area contributed by atoms with Gasteiger partial charge in [-0.15, -0.1) is 0 Å². The monoisotopic (exact) mass is 601 g/mol. The quantitative estimate of drug-likeness (QED) is 0.499. The van der Waals surface area contributed by atoms with E-state index in [2.05, 4.69) is 15.2 Å². The minimum atomic E-state index is -3.82. The molecule has 1 aromatic heterocycles. The van der Waals surface area contributed by atoms with Gasteiger partial charge in [-0.3, -0.25) is 13.9 Å². The molecule has 2 atom stereocenters. The molecule has 0 radical (unpaired) electrons. The lowest BCUT2D eigenvalue weighted by Gasteiger charge is -2.35. The molecule has 1 aromatic carbocycles. The van der Waals surface area contributed by atoms with Gasteiger partial charge in [0, 0.05) is 43.7 Å². The average Bonchev–Trinajstić information content (AvgIpc) is 3.56. The van der Waals surface area contributed by atoms with Crippen LogP contribution in [0.15, 0.2) is 32.7 Å².